The Kier molecular flexibility index (Phi) is 5.05. The minimum Gasteiger partial charge on any atom is -0.495 e. The molecule has 0 aliphatic carbocycles. The number of aromatic nitrogens is 2. The van der Waals surface area contributed by atoms with E-state index in [1.54, 1.807) is 36.2 Å². The number of carbonyl (C=O) groups is 1. The maximum atomic E-state index is 14.9. The Morgan fingerprint density at radius 1 is 1.26 bits per heavy atom. The molecule has 0 unspecified atom stereocenters. The van der Waals surface area contributed by atoms with Crippen LogP contribution < -0.4 is 15.4 Å². The molecule has 2 aromatic carbocycles. The van der Waals surface area contributed by atoms with Crippen molar-refractivity contribution >= 4 is 39.5 Å². The quantitative estimate of drug-likeness (QED) is 0.474. The minimum absolute atomic E-state index is 0.0619. The van der Waals surface area contributed by atoms with Crippen molar-refractivity contribution in [2.75, 3.05) is 25.6 Å². The van der Waals surface area contributed by atoms with Crippen LogP contribution in [0.4, 0.5) is 15.8 Å². The molecule has 2 aromatic heterocycles. The van der Waals surface area contributed by atoms with Crippen LogP contribution in [0.15, 0.2) is 54.0 Å². The molecule has 5 rings (SSSR count). The van der Waals surface area contributed by atoms with E-state index in [1.165, 1.54) is 17.4 Å². The number of halogens is 1. The summed E-state index contributed by atoms with van der Waals surface area (Å²) >= 11 is 1.32. The third-order valence-electron chi connectivity index (χ3n) is 5.06. The fraction of sp³-hybridized carbons (Fsp3) is 0.182. The summed E-state index contributed by atoms with van der Waals surface area (Å²) in [4.78, 5) is 12.9. The lowest BCUT2D eigenvalue weighted by atomic mass is 10.2. The Morgan fingerprint density at radius 3 is 2.87 bits per heavy atom. The normalized spacial score (nSPS) is 13.7. The van der Waals surface area contributed by atoms with E-state index in [4.69, 9.17) is 9.47 Å². The van der Waals surface area contributed by atoms with Gasteiger partial charge in [-0.25, -0.2) is 9.07 Å². The first-order chi connectivity index (χ1) is 15.1. The Morgan fingerprint density at radius 2 is 2.10 bits per heavy atom. The molecular formula is C22H19FN4O3S. The second-order valence-corrected chi connectivity index (χ2v) is 8.06. The van der Waals surface area contributed by atoms with E-state index in [0.717, 1.165) is 5.39 Å². The van der Waals surface area contributed by atoms with Crippen molar-refractivity contribution in [1.29, 1.82) is 0 Å². The second-order valence-electron chi connectivity index (χ2n) is 7.15. The molecule has 0 spiro atoms. The van der Waals surface area contributed by atoms with Crippen molar-refractivity contribution in [3.63, 3.8) is 0 Å². The third-order valence-corrected chi connectivity index (χ3v) is 5.98. The van der Waals surface area contributed by atoms with Crippen LogP contribution in [0, 0.1) is 5.82 Å². The van der Waals surface area contributed by atoms with Gasteiger partial charge in [-0.1, -0.05) is 12.1 Å². The lowest BCUT2D eigenvalue weighted by Crippen LogP contribution is -2.48. The molecule has 3 heterocycles. The molecule has 158 valence electrons. The number of nitrogens with one attached hydrogen (secondary N) is 2. The highest BCUT2D eigenvalue weighted by molar-refractivity contribution is 7.12. The fourth-order valence-electron chi connectivity index (χ4n) is 3.37. The van der Waals surface area contributed by atoms with Gasteiger partial charge in [0.15, 0.2) is 0 Å². The van der Waals surface area contributed by atoms with Crippen molar-refractivity contribution in [2.24, 2.45) is 0 Å². The summed E-state index contributed by atoms with van der Waals surface area (Å²) in [5.41, 5.74) is 2.31. The lowest BCUT2D eigenvalue weighted by molar-refractivity contribution is -0.00338. The second kappa shape index (κ2) is 8.01. The van der Waals surface area contributed by atoms with Crippen molar-refractivity contribution < 1.29 is 18.7 Å². The standard InChI is InChI=1S/C22H19FN4O3S/c1-29-20-5-3-2-4-17(20)26-18-6-13-9-24-27(19(13)8-16(18)23)15-7-21(31-12-15)22(28)25-14-10-30-11-14/h2-9,12,14,26H,10-11H2,1H3,(H,25,28). The average Bonchev–Trinajstić information content (AvgIpc) is 3.38. The van der Waals surface area contributed by atoms with Crippen LogP contribution in [-0.2, 0) is 4.74 Å². The number of carbonyl (C=O) groups excluding carboxylic acids is 1. The summed E-state index contributed by atoms with van der Waals surface area (Å²) in [5.74, 6) is 0.0593. The molecule has 0 radical (unpaired) electrons. The van der Waals surface area contributed by atoms with Crippen LogP contribution in [0.2, 0.25) is 0 Å². The van der Waals surface area contributed by atoms with Crippen molar-refractivity contribution in [1.82, 2.24) is 15.1 Å². The van der Waals surface area contributed by atoms with Gasteiger partial charge in [0.1, 0.15) is 11.6 Å². The maximum absolute atomic E-state index is 14.9. The van der Waals surface area contributed by atoms with E-state index in [0.29, 0.717) is 46.4 Å². The number of nitrogens with zero attached hydrogens (tertiary/aromatic N) is 2. The molecule has 1 saturated heterocycles. The smallest absolute Gasteiger partial charge is 0.261 e. The van der Waals surface area contributed by atoms with E-state index >= 15 is 0 Å². The molecule has 1 aliphatic heterocycles. The summed E-state index contributed by atoms with van der Waals surface area (Å²) in [6.45, 7) is 1.08. The number of hydrogen-bond acceptors (Lipinski definition) is 6. The van der Waals surface area contributed by atoms with E-state index in [2.05, 4.69) is 15.7 Å². The van der Waals surface area contributed by atoms with Crippen molar-refractivity contribution in [3.05, 3.63) is 64.7 Å². The van der Waals surface area contributed by atoms with Gasteiger partial charge >= 0.3 is 0 Å². The van der Waals surface area contributed by atoms with Gasteiger partial charge in [-0.15, -0.1) is 11.3 Å². The molecule has 4 aromatic rings. The fourth-order valence-corrected chi connectivity index (χ4v) is 4.15. The van der Waals surface area contributed by atoms with Crippen LogP contribution in [0.1, 0.15) is 9.67 Å². The highest BCUT2D eigenvalue weighted by atomic mass is 32.1. The van der Waals surface area contributed by atoms with E-state index < -0.39 is 5.82 Å². The molecule has 0 atom stereocenters. The molecular weight excluding hydrogens is 419 g/mol. The molecule has 31 heavy (non-hydrogen) atoms. The number of hydrogen-bond donors (Lipinski definition) is 2. The number of methoxy groups -OCH3 is 1. The number of anilines is 2. The Hall–Kier alpha value is -3.43. The van der Waals surface area contributed by atoms with Gasteiger partial charge < -0.3 is 20.1 Å². The highest BCUT2D eigenvalue weighted by Gasteiger charge is 2.22. The number of amides is 1. The number of para-hydroxylation sites is 2. The topological polar surface area (TPSA) is 77.4 Å². The predicted molar refractivity (Wildman–Crippen MR) is 117 cm³/mol. The van der Waals surface area contributed by atoms with Gasteiger partial charge in [0.25, 0.3) is 5.91 Å². The molecule has 7 nitrogen and oxygen atoms in total. The average molecular weight is 438 g/mol. The van der Waals surface area contributed by atoms with Crippen LogP contribution >= 0.6 is 11.3 Å². The Labute approximate surface area is 181 Å². The van der Waals surface area contributed by atoms with Gasteiger partial charge in [-0.05, 0) is 24.3 Å². The summed E-state index contributed by atoms with van der Waals surface area (Å²) < 4.78 is 27.0. The van der Waals surface area contributed by atoms with Crippen molar-refractivity contribution in [2.45, 2.75) is 6.04 Å². The van der Waals surface area contributed by atoms with Gasteiger partial charge in [0, 0.05) is 16.8 Å². The van der Waals surface area contributed by atoms with Crippen LogP contribution in [0.25, 0.3) is 16.6 Å². The Bertz CT molecular complexity index is 1260. The summed E-state index contributed by atoms with van der Waals surface area (Å²) in [6, 6.07) is 12.3. The van der Waals surface area contributed by atoms with Crippen LogP contribution in [0.5, 0.6) is 5.75 Å². The number of ether oxygens (including phenoxy) is 2. The molecule has 0 bridgehead atoms. The first-order valence-electron chi connectivity index (χ1n) is 9.67. The van der Waals surface area contributed by atoms with Gasteiger partial charge in [-0.2, -0.15) is 5.10 Å². The molecule has 1 amide bonds. The zero-order chi connectivity index (χ0) is 21.4. The SMILES string of the molecule is COc1ccccc1Nc1cc2cnn(-c3csc(C(=O)NC4COC4)c3)c2cc1F. The number of rotatable bonds is 6. The first-order valence-corrected chi connectivity index (χ1v) is 10.5. The minimum atomic E-state index is -0.418. The third kappa shape index (κ3) is 3.73. The zero-order valence-corrected chi connectivity index (χ0v) is 17.4. The van der Waals surface area contributed by atoms with Gasteiger partial charge in [-0.3, -0.25) is 4.79 Å². The molecule has 1 fully saturated rings. The zero-order valence-electron chi connectivity index (χ0n) is 16.6. The van der Waals surface area contributed by atoms with E-state index in [-0.39, 0.29) is 11.9 Å². The summed E-state index contributed by atoms with van der Waals surface area (Å²) in [7, 11) is 1.57. The van der Waals surface area contributed by atoms with Crippen LogP contribution in [0.3, 0.4) is 0 Å². The number of fused-ring (bicyclic) bond motifs is 1. The Balaban J connectivity index is 1.43. The number of thiophene rings is 1. The van der Waals surface area contributed by atoms with Gasteiger partial charge in [0.2, 0.25) is 0 Å². The molecule has 1 aliphatic rings. The molecule has 9 heteroatoms. The highest BCUT2D eigenvalue weighted by Crippen LogP contribution is 2.31. The van der Waals surface area contributed by atoms with E-state index in [1.807, 2.05) is 23.6 Å². The van der Waals surface area contributed by atoms with Crippen molar-refractivity contribution in [3.8, 4) is 11.4 Å². The van der Waals surface area contributed by atoms with E-state index in [9.17, 15) is 9.18 Å². The molecule has 2 N–H and O–H groups in total. The summed E-state index contributed by atoms with van der Waals surface area (Å²) in [5, 5.41) is 13.0. The largest absolute Gasteiger partial charge is 0.495 e. The molecule has 0 saturated carbocycles. The van der Waals surface area contributed by atoms with Gasteiger partial charge in [0.05, 0.1) is 60.0 Å². The maximum Gasteiger partial charge on any atom is 0.261 e. The van der Waals surface area contributed by atoms with Crippen LogP contribution in [-0.4, -0.2) is 42.1 Å². The summed E-state index contributed by atoms with van der Waals surface area (Å²) in [6.07, 6.45) is 1.67. The first kappa shape index (κ1) is 19.5. The lowest BCUT2D eigenvalue weighted by Gasteiger charge is -2.26. The number of benzene rings is 2. The predicted octanol–water partition coefficient (Wildman–Crippen LogP) is 4.11. The monoisotopic (exact) mass is 438 g/mol.